The molecule has 0 aliphatic carbocycles. The summed E-state index contributed by atoms with van der Waals surface area (Å²) in [4.78, 5) is 0. The van der Waals surface area contributed by atoms with Gasteiger partial charge in [0.2, 0.25) is 0 Å². The Morgan fingerprint density at radius 3 is 1.65 bits per heavy atom. The Kier molecular flexibility index (Phi) is 6.94. The van der Waals surface area contributed by atoms with E-state index in [0.29, 0.717) is 11.8 Å². The normalized spacial score (nSPS) is 10.4. The molecule has 108 valence electrons. The van der Waals surface area contributed by atoms with Crippen LogP contribution in [0.15, 0.2) is 53.0 Å². The molecule has 0 fully saturated rings. The topological polar surface area (TPSA) is 0 Å². The van der Waals surface area contributed by atoms with Gasteiger partial charge in [-0.25, -0.2) is 4.39 Å². The van der Waals surface area contributed by atoms with E-state index in [1.807, 2.05) is 12.1 Å². The van der Waals surface area contributed by atoms with Crippen molar-refractivity contribution in [2.75, 3.05) is 0 Å². The standard InChI is InChI=1S/C9H11Br.C9H11F/c2*1-7(2)8-4-3-5-9(10)6-8/h2*3-7H,1-2H3. The molecule has 2 aromatic carbocycles. The molecule has 0 radical (unpaired) electrons. The maximum Gasteiger partial charge on any atom is 0.123 e. The van der Waals surface area contributed by atoms with E-state index >= 15 is 0 Å². The number of halogens is 2. The van der Waals surface area contributed by atoms with Gasteiger partial charge in [-0.3, -0.25) is 0 Å². The van der Waals surface area contributed by atoms with Gasteiger partial charge in [-0.15, -0.1) is 0 Å². The van der Waals surface area contributed by atoms with Gasteiger partial charge in [-0.05, 0) is 47.2 Å². The Morgan fingerprint density at radius 1 is 0.800 bits per heavy atom. The second kappa shape index (κ2) is 8.21. The van der Waals surface area contributed by atoms with Gasteiger partial charge in [0.15, 0.2) is 0 Å². The first-order chi connectivity index (χ1) is 9.40. The van der Waals surface area contributed by atoms with Crippen LogP contribution < -0.4 is 0 Å². The van der Waals surface area contributed by atoms with Crippen LogP contribution in [-0.4, -0.2) is 0 Å². The molecule has 0 saturated carbocycles. The molecule has 2 rings (SSSR count). The van der Waals surface area contributed by atoms with Gasteiger partial charge in [-0.1, -0.05) is 67.9 Å². The van der Waals surface area contributed by atoms with Crippen LogP contribution in [0.3, 0.4) is 0 Å². The van der Waals surface area contributed by atoms with Gasteiger partial charge in [0.25, 0.3) is 0 Å². The van der Waals surface area contributed by atoms with Crippen LogP contribution in [-0.2, 0) is 0 Å². The first-order valence-electron chi connectivity index (χ1n) is 6.91. The maximum atomic E-state index is 12.5. The van der Waals surface area contributed by atoms with E-state index in [4.69, 9.17) is 0 Å². The van der Waals surface area contributed by atoms with Crippen molar-refractivity contribution >= 4 is 15.9 Å². The van der Waals surface area contributed by atoms with Gasteiger partial charge in [0.1, 0.15) is 5.82 Å². The molecule has 0 atom stereocenters. The molecule has 2 heteroatoms. The predicted molar refractivity (Wildman–Crippen MR) is 88.7 cm³/mol. The summed E-state index contributed by atoms with van der Waals surface area (Å²) in [6.07, 6.45) is 0. The second-order valence-corrected chi connectivity index (χ2v) is 6.34. The van der Waals surface area contributed by atoms with Crippen LogP contribution in [0.4, 0.5) is 4.39 Å². The van der Waals surface area contributed by atoms with Gasteiger partial charge in [-0.2, -0.15) is 0 Å². The Morgan fingerprint density at radius 2 is 1.30 bits per heavy atom. The molecule has 0 spiro atoms. The molecule has 2 aromatic rings. The molecule has 0 heterocycles. The average Bonchev–Trinajstić information content (AvgIpc) is 2.39. The molecule has 0 aliphatic rings. The van der Waals surface area contributed by atoms with Crippen molar-refractivity contribution in [3.63, 3.8) is 0 Å². The fourth-order valence-corrected chi connectivity index (χ4v) is 2.15. The fourth-order valence-electron chi connectivity index (χ4n) is 1.73. The first-order valence-corrected chi connectivity index (χ1v) is 7.70. The number of hydrogen-bond donors (Lipinski definition) is 0. The first kappa shape index (κ1) is 16.9. The van der Waals surface area contributed by atoms with E-state index in [0.717, 1.165) is 5.56 Å². The van der Waals surface area contributed by atoms with E-state index in [2.05, 4.69) is 61.8 Å². The Bertz CT molecular complexity index is 483. The largest absolute Gasteiger partial charge is 0.207 e. The summed E-state index contributed by atoms with van der Waals surface area (Å²) in [7, 11) is 0. The lowest BCUT2D eigenvalue weighted by molar-refractivity contribution is 0.623. The average molecular weight is 337 g/mol. The van der Waals surface area contributed by atoms with E-state index in [9.17, 15) is 4.39 Å². The zero-order valence-electron chi connectivity index (χ0n) is 12.5. The third kappa shape index (κ3) is 5.87. The molecule has 0 aliphatic heterocycles. The summed E-state index contributed by atoms with van der Waals surface area (Å²) in [5.74, 6) is 0.888. The van der Waals surface area contributed by atoms with Gasteiger partial charge in [0, 0.05) is 4.47 Å². The molecule has 0 unspecified atom stereocenters. The molecular formula is C18H22BrF. The van der Waals surface area contributed by atoms with Crippen molar-refractivity contribution < 1.29 is 4.39 Å². The van der Waals surface area contributed by atoms with Crippen molar-refractivity contribution in [2.45, 2.75) is 39.5 Å². The molecular weight excluding hydrogens is 315 g/mol. The van der Waals surface area contributed by atoms with Crippen LogP contribution in [0.5, 0.6) is 0 Å². The zero-order chi connectivity index (χ0) is 15.1. The van der Waals surface area contributed by atoms with Gasteiger partial charge < -0.3 is 0 Å². The Hall–Kier alpha value is -1.15. The fraction of sp³-hybridized carbons (Fsp3) is 0.333. The van der Waals surface area contributed by atoms with Gasteiger partial charge in [0.05, 0.1) is 0 Å². The Balaban J connectivity index is 0.000000200. The molecule has 0 nitrogen and oxygen atoms in total. The van der Waals surface area contributed by atoms with Crippen LogP contribution in [0.25, 0.3) is 0 Å². The zero-order valence-corrected chi connectivity index (χ0v) is 14.1. The van der Waals surface area contributed by atoms with E-state index < -0.39 is 0 Å². The monoisotopic (exact) mass is 336 g/mol. The predicted octanol–water partition coefficient (Wildman–Crippen LogP) is 6.52. The summed E-state index contributed by atoms with van der Waals surface area (Å²) < 4.78 is 13.7. The molecule has 0 amide bonds. The molecule has 0 aromatic heterocycles. The highest BCUT2D eigenvalue weighted by Crippen LogP contribution is 2.18. The SMILES string of the molecule is CC(C)c1cccc(Br)c1.CC(C)c1cccc(F)c1. The minimum atomic E-state index is -0.147. The highest BCUT2D eigenvalue weighted by Gasteiger charge is 1.98. The van der Waals surface area contributed by atoms with E-state index in [1.54, 1.807) is 12.1 Å². The third-order valence-electron chi connectivity index (χ3n) is 3.03. The minimum Gasteiger partial charge on any atom is -0.207 e. The number of rotatable bonds is 2. The van der Waals surface area contributed by atoms with Crippen molar-refractivity contribution in [1.29, 1.82) is 0 Å². The number of hydrogen-bond acceptors (Lipinski definition) is 0. The quantitative estimate of drug-likeness (QED) is 0.585. The maximum absolute atomic E-state index is 12.5. The third-order valence-corrected chi connectivity index (χ3v) is 3.52. The van der Waals surface area contributed by atoms with Crippen LogP contribution in [0, 0.1) is 5.82 Å². The highest BCUT2D eigenvalue weighted by atomic mass is 79.9. The summed E-state index contributed by atoms with van der Waals surface area (Å²) in [5.41, 5.74) is 2.44. The molecule has 20 heavy (non-hydrogen) atoms. The Labute approximate surface area is 130 Å². The van der Waals surface area contributed by atoms with Gasteiger partial charge >= 0.3 is 0 Å². The molecule has 0 saturated heterocycles. The van der Waals surface area contributed by atoms with Crippen LogP contribution in [0.1, 0.15) is 50.7 Å². The van der Waals surface area contributed by atoms with Crippen molar-refractivity contribution in [3.8, 4) is 0 Å². The molecule has 0 N–H and O–H groups in total. The summed E-state index contributed by atoms with van der Waals surface area (Å²) in [6.45, 7) is 8.49. The van der Waals surface area contributed by atoms with Crippen LogP contribution >= 0.6 is 15.9 Å². The smallest absolute Gasteiger partial charge is 0.123 e. The lowest BCUT2D eigenvalue weighted by Gasteiger charge is -2.03. The van der Waals surface area contributed by atoms with E-state index in [-0.39, 0.29) is 5.82 Å². The summed E-state index contributed by atoms with van der Waals surface area (Å²) >= 11 is 3.43. The van der Waals surface area contributed by atoms with Crippen molar-refractivity contribution in [3.05, 3.63) is 69.9 Å². The summed E-state index contributed by atoms with van der Waals surface area (Å²) in [5, 5.41) is 0. The van der Waals surface area contributed by atoms with Crippen LogP contribution in [0.2, 0.25) is 0 Å². The van der Waals surface area contributed by atoms with Crippen molar-refractivity contribution in [2.24, 2.45) is 0 Å². The summed E-state index contributed by atoms with van der Waals surface area (Å²) in [6, 6.07) is 15.1. The second-order valence-electron chi connectivity index (χ2n) is 5.42. The highest BCUT2D eigenvalue weighted by molar-refractivity contribution is 9.10. The lowest BCUT2D eigenvalue weighted by Crippen LogP contribution is -1.86. The number of benzene rings is 2. The lowest BCUT2D eigenvalue weighted by atomic mass is 10.0. The minimum absolute atomic E-state index is 0.147. The van der Waals surface area contributed by atoms with Crippen molar-refractivity contribution in [1.82, 2.24) is 0 Å². The molecule has 0 bridgehead atoms. The van der Waals surface area contributed by atoms with E-state index in [1.165, 1.54) is 16.1 Å².